The van der Waals surface area contributed by atoms with Crippen LogP contribution in [0.1, 0.15) is 78.6 Å². The van der Waals surface area contributed by atoms with E-state index in [9.17, 15) is 0 Å². The minimum absolute atomic E-state index is 0.724. The van der Waals surface area contributed by atoms with Gasteiger partial charge in [0.15, 0.2) is 0 Å². The first-order valence-electron chi connectivity index (χ1n) is 7.47. The highest BCUT2D eigenvalue weighted by Gasteiger charge is 2.59. The summed E-state index contributed by atoms with van der Waals surface area (Å²) in [6.45, 7) is 7.54. The van der Waals surface area contributed by atoms with Crippen LogP contribution in [0, 0.1) is 22.2 Å². The first-order valence-corrected chi connectivity index (χ1v) is 7.47. The second kappa shape index (κ2) is 3.27. The topological polar surface area (TPSA) is 0 Å². The van der Waals surface area contributed by atoms with E-state index in [4.69, 9.17) is 0 Å². The molecule has 0 amide bonds. The Hall–Kier alpha value is 0. The number of hydrogen-bond acceptors (Lipinski definition) is 0. The molecule has 0 N–H and O–H groups in total. The van der Waals surface area contributed by atoms with Crippen molar-refractivity contribution in [1.82, 2.24) is 0 Å². The maximum atomic E-state index is 2.59. The quantitative estimate of drug-likeness (QED) is 0.615. The van der Waals surface area contributed by atoms with Gasteiger partial charge in [0, 0.05) is 0 Å². The molecule has 0 spiro atoms. The summed E-state index contributed by atoms with van der Waals surface area (Å²) < 4.78 is 0. The van der Waals surface area contributed by atoms with Gasteiger partial charge in [-0.05, 0) is 67.1 Å². The summed E-state index contributed by atoms with van der Waals surface area (Å²) >= 11 is 0. The number of hydrogen-bond donors (Lipinski definition) is 0. The molecule has 4 bridgehead atoms. The van der Waals surface area contributed by atoms with E-state index >= 15 is 0 Å². The maximum absolute atomic E-state index is 2.59. The third-order valence-electron chi connectivity index (χ3n) is 5.80. The van der Waals surface area contributed by atoms with E-state index in [1.54, 1.807) is 32.1 Å². The van der Waals surface area contributed by atoms with Crippen LogP contribution >= 0.6 is 0 Å². The van der Waals surface area contributed by atoms with Crippen molar-refractivity contribution < 1.29 is 0 Å². The van der Waals surface area contributed by atoms with E-state index in [0.29, 0.717) is 0 Å². The van der Waals surface area contributed by atoms with Gasteiger partial charge in [-0.1, -0.05) is 33.6 Å². The van der Waals surface area contributed by atoms with E-state index < -0.39 is 0 Å². The molecule has 0 nitrogen and oxygen atoms in total. The lowest BCUT2D eigenvalue weighted by atomic mass is 9.40. The van der Waals surface area contributed by atoms with Crippen LogP contribution in [-0.4, -0.2) is 0 Å². The van der Waals surface area contributed by atoms with Crippen LogP contribution in [0.2, 0.25) is 0 Å². The fraction of sp³-hybridized carbons (Fsp3) is 1.00. The fourth-order valence-corrected chi connectivity index (χ4v) is 6.51. The highest BCUT2D eigenvalue weighted by molar-refractivity contribution is 5.10. The molecular weight excluding hydrogens is 192 g/mol. The molecule has 0 aromatic heterocycles. The molecule has 0 aliphatic heterocycles. The Bertz CT molecular complexity index is 272. The van der Waals surface area contributed by atoms with E-state index in [1.807, 2.05) is 0 Å². The van der Waals surface area contributed by atoms with E-state index in [2.05, 4.69) is 20.8 Å². The van der Waals surface area contributed by atoms with Crippen molar-refractivity contribution in [3.8, 4) is 0 Å². The summed E-state index contributed by atoms with van der Waals surface area (Å²) in [6, 6.07) is 0. The number of rotatable bonds is 3. The predicted octanol–water partition coefficient (Wildman–Crippen LogP) is 5.17. The van der Waals surface area contributed by atoms with Crippen molar-refractivity contribution in [1.29, 1.82) is 0 Å². The summed E-state index contributed by atoms with van der Waals surface area (Å²) in [6.07, 6.45) is 13.7. The van der Waals surface area contributed by atoms with Gasteiger partial charge >= 0.3 is 0 Å². The molecule has 2 atom stereocenters. The van der Waals surface area contributed by atoms with Gasteiger partial charge in [-0.3, -0.25) is 0 Å². The standard InChI is InChI=1S/C16H28/c1-4-5-6-16-9-13-7-14(2,11-16)10-15(3,8-13)12-16/h13H,4-12H2,1-3H3. The van der Waals surface area contributed by atoms with Gasteiger partial charge in [-0.15, -0.1) is 0 Å². The van der Waals surface area contributed by atoms with Crippen molar-refractivity contribution in [2.75, 3.05) is 0 Å². The molecule has 2 unspecified atom stereocenters. The average Bonchev–Trinajstić information content (AvgIpc) is 2.08. The third-order valence-corrected chi connectivity index (χ3v) is 5.80. The van der Waals surface area contributed by atoms with Crippen LogP contribution in [0.5, 0.6) is 0 Å². The molecule has 0 aromatic carbocycles. The van der Waals surface area contributed by atoms with Crippen LogP contribution in [0.15, 0.2) is 0 Å². The molecular formula is C16H28. The molecule has 4 fully saturated rings. The normalized spacial score (nSPS) is 54.6. The fourth-order valence-electron chi connectivity index (χ4n) is 6.51. The second-order valence-corrected chi connectivity index (χ2v) is 8.23. The molecule has 16 heavy (non-hydrogen) atoms. The lowest BCUT2D eigenvalue weighted by molar-refractivity contribution is -0.148. The van der Waals surface area contributed by atoms with Gasteiger partial charge in [0.25, 0.3) is 0 Å². The zero-order chi connectivity index (χ0) is 11.4. The van der Waals surface area contributed by atoms with Crippen molar-refractivity contribution in [2.45, 2.75) is 78.6 Å². The van der Waals surface area contributed by atoms with Gasteiger partial charge in [0.2, 0.25) is 0 Å². The third kappa shape index (κ3) is 1.64. The molecule has 0 saturated heterocycles. The smallest absolute Gasteiger partial charge is 0.0284 e. The Kier molecular flexibility index (Phi) is 2.27. The Morgan fingerprint density at radius 1 is 0.938 bits per heavy atom. The second-order valence-electron chi connectivity index (χ2n) is 8.23. The molecule has 4 saturated carbocycles. The van der Waals surface area contributed by atoms with Gasteiger partial charge in [0.1, 0.15) is 0 Å². The van der Waals surface area contributed by atoms with E-state index in [1.165, 1.54) is 25.7 Å². The molecule has 92 valence electrons. The zero-order valence-corrected chi connectivity index (χ0v) is 11.4. The Morgan fingerprint density at radius 2 is 1.56 bits per heavy atom. The summed E-state index contributed by atoms with van der Waals surface area (Å²) in [5, 5.41) is 0. The molecule has 0 radical (unpaired) electrons. The molecule has 0 heteroatoms. The Balaban J connectivity index is 1.86. The summed E-state index contributed by atoms with van der Waals surface area (Å²) in [4.78, 5) is 0. The van der Waals surface area contributed by atoms with Gasteiger partial charge < -0.3 is 0 Å². The Labute approximate surface area is 101 Å². The predicted molar refractivity (Wildman–Crippen MR) is 69.4 cm³/mol. The maximum Gasteiger partial charge on any atom is -0.0284 e. The highest BCUT2D eigenvalue weighted by Crippen LogP contribution is 2.70. The van der Waals surface area contributed by atoms with Crippen LogP contribution in [0.25, 0.3) is 0 Å². The number of unbranched alkanes of at least 4 members (excludes halogenated alkanes) is 1. The van der Waals surface area contributed by atoms with Crippen molar-refractivity contribution in [3.63, 3.8) is 0 Å². The van der Waals surface area contributed by atoms with Crippen molar-refractivity contribution in [3.05, 3.63) is 0 Å². The lowest BCUT2D eigenvalue weighted by Gasteiger charge is -2.65. The minimum Gasteiger partial charge on any atom is -0.0654 e. The first-order chi connectivity index (χ1) is 7.47. The average molecular weight is 220 g/mol. The Morgan fingerprint density at radius 3 is 2.06 bits per heavy atom. The van der Waals surface area contributed by atoms with Crippen LogP contribution in [0.4, 0.5) is 0 Å². The van der Waals surface area contributed by atoms with Crippen LogP contribution in [-0.2, 0) is 0 Å². The lowest BCUT2D eigenvalue weighted by Crippen LogP contribution is -2.54. The zero-order valence-electron chi connectivity index (χ0n) is 11.4. The highest BCUT2D eigenvalue weighted by atomic mass is 14.6. The first kappa shape index (κ1) is 11.1. The minimum atomic E-state index is 0.724. The van der Waals surface area contributed by atoms with Gasteiger partial charge in [-0.2, -0.15) is 0 Å². The van der Waals surface area contributed by atoms with Crippen LogP contribution in [0.3, 0.4) is 0 Å². The molecule has 4 rings (SSSR count). The molecule has 0 aromatic rings. The largest absolute Gasteiger partial charge is 0.0654 e. The van der Waals surface area contributed by atoms with Crippen molar-refractivity contribution in [2.24, 2.45) is 22.2 Å². The van der Waals surface area contributed by atoms with Crippen molar-refractivity contribution >= 4 is 0 Å². The summed E-state index contributed by atoms with van der Waals surface area (Å²) in [5.41, 5.74) is 2.22. The molecule has 0 heterocycles. The molecule has 4 aliphatic carbocycles. The van der Waals surface area contributed by atoms with Gasteiger partial charge in [0.05, 0.1) is 0 Å². The van der Waals surface area contributed by atoms with E-state index in [-0.39, 0.29) is 0 Å². The SMILES string of the molecule is CCCCC12CC3CC(C)(CC(C)(C3)C1)C2. The van der Waals surface area contributed by atoms with Gasteiger partial charge in [-0.25, -0.2) is 0 Å². The summed E-state index contributed by atoms with van der Waals surface area (Å²) in [5.74, 6) is 1.09. The van der Waals surface area contributed by atoms with E-state index in [0.717, 1.165) is 22.2 Å². The molecule has 4 aliphatic rings. The van der Waals surface area contributed by atoms with Crippen LogP contribution < -0.4 is 0 Å². The monoisotopic (exact) mass is 220 g/mol. The summed E-state index contributed by atoms with van der Waals surface area (Å²) in [7, 11) is 0.